The molecular weight excluding hydrogens is 330 g/mol. The van der Waals surface area contributed by atoms with E-state index in [-0.39, 0.29) is 30.3 Å². The largest absolute Gasteiger partial charge is 0.466 e. The molecule has 4 atom stereocenters. The molecule has 0 saturated carbocycles. The first kappa shape index (κ1) is 18.6. The summed E-state index contributed by atoms with van der Waals surface area (Å²) >= 11 is 0. The maximum atomic E-state index is 13.1. The maximum Gasteiger partial charge on any atom is 0.309 e. The van der Waals surface area contributed by atoms with Crippen LogP contribution >= 0.6 is 0 Å². The fourth-order valence-corrected chi connectivity index (χ4v) is 4.42. The summed E-state index contributed by atoms with van der Waals surface area (Å²) in [7, 11) is 0. The number of ether oxygens (including phenoxy) is 1. The molecule has 1 amide bonds. The van der Waals surface area contributed by atoms with Crippen molar-refractivity contribution >= 4 is 17.7 Å². The zero-order valence-electron chi connectivity index (χ0n) is 15.5. The van der Waals surface area contributed by atoms with Gasteiger partial charge in [0.1, 0.15) is 0 Å². The molecule has 2 saturated heterocycles. The van der Waals surface area contributed by atoms with Gasteiger partial charge in [-0.15, -0.1) is 0 Å². The van der Waals surface area contributed by atoms with Crippen LogP contribution in [-0.4, -0.2) is 41.8 Å². The van der Waals surface area contributed by atoms with Crippen LogP contribution in [0.3, 0.4) is 0 Å². The molecule has 3 rings (SSSR count). The molecule has 2 unspecified atom stereocenters. The third-order valence-corrected chi connectivity index (χ3v) is 5.73. The highest BCUT2D eigenvalue weighted by molar-refractivity contribution is 6.00. The van der Waals surface area contributed by atoms with Gasteiger partial charge in [0.25, 0.3) is 0 Å². The van der Waals surface area contributed by atoms with Crippen molar-refractivity contribution < 1.29 is 19.1 Å². The summed E-state index contributed by atoms with van der Waals surface area (Å²) in [6.07, 6.45) is 2.77. The molecule has 1 aromatic carbocycles. The standard InChI is InChI=1S/C21H27NO4/c1-3-26-21(25)16(12-11-15-8-5-4-6-9-15)18-14(2)20(24)22-13-7-10-17(22)19(18)23/h4-6,8-9,14,16-18H,3,7,10-13H2,1-2H3/t14-,16-,17?,18?/m1/s1. The van der Waals surface area contributed by atoms with E-state index in [2.05, 4.69) is 0 Å². The molecule has 26 heavy (non-hydrogen) atoms. The number of esters is 1. The van der Waals surface area contributed by atoms with E-state index < -0.39 is 17.8 Å². The highest BCUT2D eigenvalue weighted by Gasteiger charge is 2.51. The molecule has 0 aromatic heterocycles. The van der Waals surface area contributed by atoms with Crippen LogP contribution in [0.2, 0.25) is 0 Å². The van der Waals surface area contributed by atoms with Crippen molar-refractivity contribution in [2.45, 2.75) is 45.6 Å². The molecule has 0 radical (unpaired) electrons. The minimum Gasteiger partial charge on any atom is -0.466 e. The first-order valence-electron chi connectivity index (χ1n) is 9.59. The third-order valence-electron chi connectivity index (χ3n) is 5.73. The number of nitrogens with zero attached hydrogens (tertiary/aromatic N) is 1. The van der Waals surface area contributed by atoms with Gasteiger partial charge in [0.05, 0.1) is 18.6 Å². The number of rotatable bonds is 6. The van der Waals surface area contributed by atoms with Gasteiger partial charge in [0.15, 0.2) is 5.78 Å². The molecule has 1 aromatic rings. The zero-order chi connectivity index (χ0) is 18.7. The highest BCUT2D eigenvalue weighted by Crippen LogP contribution is 2.38. The second-order valence-corrected chi connectivity index (χ2v) is 7.29. The van der Waals surface area contributed by atoms with Crippen LogP contribution < -0.4 is 0 Å². The highest BCUT2D eigenvalue weighted by atomic mass is 16.5. The van der Waals surface area contributed by atoms with Crippen LogP contribution in [0.5, 0.6) is 0 Å². The van der Waals surface area contributed by atoms with E-state index >= 15 is 0 Å². The maximum absolute atomic E-state index is 13.1. The lowest BCUT2D eigenvalue weighted by Crippen LogP contribution is -2.56. The van der Waals surface area contributed by atoms with E-state index in [0.717, 1.165) is 12.0 Å². The monoisotopic (exact) mass is 357 g/mol. The molecule has 0 bridgehead atoms. The van der Waals surface area contributed by atoms with Crippen LogP contribution in [0, 0.1) is 17.8 Å². The molecule has 2 heterocycles. The van der Waals surface area contributed by atoms with Crippen LogP contribution in [0.4, 0.5) is 0 Å². The van der Waals surface area contributed by atoms with Crippen molar-refractivity contribution in [3.63, 3.8) is 0 Å². The first-order valence-corrected chi connectivity index (χ1v) is 9.59. The predicted octanol–water partition coefficient (Wildman–Crippen LogP) is 2.62. The van der Waals surface area contributed by atoms with Crippen LogP contribution in [0.15, 0.2) is 30.3 Å². The molecule has 2 aliphatic rings. The van der Waals surface area contributed by atoms with Crippen LogP contribution in [0.1, 0.15) is 38.7 Å². The molecule has 5 nitrogen and oxygen atoms in total. The van der Waals surface area contributed by atoms with Gasteiger partial charge in [-0.05, 0) is 38.2 Å². The minimum atomic E-state index is -0.579. The minimum absolute atomic E-state index is 0.00566. The summed E-state index contributed by atoms with van der Waals surface area (Å²) in [6.45, 7) is 4.48. The Morgan fingerprint density at radius 1 is 1.27 bits per heavy atom. The van der Waals surface area contributed by atoms with E-state index in [9.17, 15) is 14.4 Å². The number of Topliss-reactive ketones (excluding diaryl/α,β-unsaturated/α-hetero) is 1. The van der Waals surface area contributed by atoms with Crippen molar-refractivity contribution in [3.8, 4) is 0 Å². The van der Waals surface area contributed by atoms with Crippen molar-refractivity contribution in [1.82, 2.24) is 4.90 Å². The number of hydrogen-bond acceptors (Lipinski definition) is 4. The molecule has 0 N–H and O–H groups in total. The van der Waals surface area contributed by atoms with E-state index in [0.29, 0.717) is 25.8 Å². The molecule has 140 valence electrons. The quantitative estimate of drug-likeness (QED) is 0.734. The van der Waals surface area contributed by atoms with Crippen molar-refractivity contribution in [3.05, 3.63) is 35.9 Å². The van der Waals surface area contributed by atoms with E-state index in [1.165, 1.54) is 0 Å². The Kier molecular flexibility index (Phi) is 5.74. The third kappa shape index (κ3) is 3.53. The summed E-state index contributed by atoms with van der Waals surface area (Å²) in [5, 5.41) is 0. The Labute approximate surface area is 154 Å². The fourth-order valence-electron chi connectivity index (χ4n) is 4.42. The van der Waals surface area contributed by atoms with Crippen LogP contribution in [-0.2, 0) is 25.5 Å². The van der Waals surface area contributed by atoms with Gasteiger partial charge in [-0.25, -0.2) is 0 Å². The van der Waals surface area contributed by atoms with Crippen molar-refractivity contribution in [1.29, 1.82) is 0 Å². The predicted molar refractivity (Wildman–Crippen MR) is 97.3 cm³/mol. The van der Waals surface area contributed by atoms with Crippen molar-refractivity contribution in [2.75, 3.05) is 13.2 Å². The fraction of sp³-hybridized carbons (Fsp3) is 0.571. The van der Waals surface area contributed by atoms with E-state index in [1.54, 1.807) is 18.7 Å². The van der Waals surface area contributed by atoms with Gasteiger partial charge in [0, 0.05) is 18.4 Å². The number of benzene rings is 1. The van der Waals surface area contributed by atoms with E-state index in [4.69, 9.17) is 4.74 Å². The SMILES string of the molecule is CCOC(=O)[C@H](CCc1ccccc1)C1C(=O)C2CCCN2C(=O)[C@@H]1C. The number of carbonyl (C=O) groups is 3. The number of ketones is 1. The second kappa shape index (κ2) is 8.02. The zero-order valence-corrected chi connectivity index (χ0v) is 15.5. The number of amides is 1. The Bertz CT molecular complexity index is 672. The lowest BCUT2D eigenvalue weighted by atomic mass is 9.72. The normalized spacial score (nSPS) is 26.5. The van der Waals surface area contributed by atoms with Gasteiger partial charge in [-0.2, -0.15) is 0 Å². The summed E-state index contributed by atoms with van der Waals surface area (Å²) in [5.41, 5.74) is 1.12. The summed E-state index contributed by atoms with van der Waals surface area (Å²) < 4.78 is 5.27. The van der Waals surface area contributed by atoms with E-state index in [1.807, 2.05) is 30.3 Å². The van der Waals surface area contributed by atoms with Gasteiger partial charge in [-0.3, -0.25) is 14.4 Å². The molecule has 0 spiro atoms. The summed E-state index contributed by atoms with van der Waals surface area (Å²) in [5.74, 6) is -1.92. The van der Waals surface area contributed by atoms with Gasteiger partial charge in [0.2, 0.25) is 5.91 Å². The Morgan fingerprint density at radius 3 is 2.69 bits per heavy atom. The lowest BCUT2D eigenvalue weighted by Gasteiger charge is -2.40. The number of aryl methyl sites for hydroxylation is 1. The second-order valence-electron chi connectivity index (χ2n) is 7.29. The molecule has 2 aliphatic heterocycles. The number of carbonyl (C=O) groups excluding carboxylic acids is 3. The molecule has 5 heteroatoms. The Morgan fingerprint density at radius 2 is 2.00 bits per heavy atom. The average Bonchev–Trinajstić information content (AvgIpc) is 3.14. The van der Waals surface area contributed by atoms with Gasteiger partial charge in [-0.1, -0.05) is 37.3 Å². The molecule has 0 aliphatic carbocycles. The first-order chi connectivity index (χ1) is 12.5. The number of piperidine rings is 1. The van der Waals surface area contributed by atoms with Crippen molar-refractivity contribution in [2.24, 2.45) is 17.8 Å². The Hall–Kier alpha value is -2.17. The van der Waals surface area contributed by atoms with Gasteiger partial charge >= 0.3 is 5.97 Å². The smallest absolute Gasteiger partial charge is 0.309 e. The molecular formula is C21H27NO4. The number of hydrogen-bond donors (Lipinski definition) is 0. The summed E-state index contributed by atoms with van der Waals surface area (Å²) in [4.78, 5) is 40.2. The average molecular weight is 357 g/mol. The van der Waals surface area contributed by atoms with Crippen LogP contribution in [0.25, 0.3) is 0 Å². The Balaban J connectivity index is 1.83. The number of fused-ring (bicyclic) bond motifs is 1. The van der Waals surface area contributed by atoms with Gasteiger partial charge < -0.3 is 9.64 Å². The topological polar surface area (TPSA) is 63.7 Å². The summed E-state index contributed by atoms with van der Waals surface area (Å²) in [6, 6.07) is 9.55. The lowest BCUT2D eigenvalue weighted by molar-refractivity contribution is -0.162. The molecule has 2 fully saturated rings.